The predicted octanol–water partition coefficient (Wildman–Crippen LogP) is 4.13. The van der Waals surface area contributed by atoms with Crippen molar-refractivity contribution in [3.8, 4) is 5.75 Å². The molecule has 1 amide bonds. The summed E-state index contributed by atoms with van der Waals surface area (Å²) < 4.78 is 10.4. The molecular weight excluding hydrogens is 454 g/mol. The number of ether oxygens (including phenoxy) is 2. The van der Waals surface area contributed by atoms with E-state index in [4.69, 9.17) is 9.47 Å². The molecule has 7 heteroatoms. The van der Waals surface area contributed by atoms with Crippen molar-refractivity contribution < 1.29 is 19.1 Å². The summed E-state index contributed by atoms with van der Waals surface area (Å²) in [5.74, 6) is -0.393. The van der Waals surface area contributed by atoms with Gasteiger partial charge in [-0.1, -0.05) is 49.4 Å². The molecule has 0 spiro atoms. The van der Waals surface area contributed by atoms with Gasteiger partial charge in [-0.05, 0) is 53.9 Å². The van der Waals surface area contributed by atoms with Crippen LogP contribution in [0.2, 0.25) is 0 Å². The molecule has 3 aromatic carbocycles. The van der Waals surface area contributed by atoms with Crippen LogP contribution in [0.25, 0.3) is 0 Å². The third-order valence-corrected chi connectivity index (χ3v) is 6.19. The maximum Gasteiger partial charge on any atom is 0.344 e. The van der Waals surface area contributed by atoms with Crippen LogP contribution < -0.4 is 15.0 Å². The zero-order valence-corrected chi connectivity index (χ0v) is 20.7. The summed E-state index contributed by atoms with van der Waals surface area (Å²) in [5.41, 5.74) is 4.32. The molecule has 1 saturated heterocycles. The minimum atomic E-state index is -0.591. The summed E-state index contributed by atoms with van der Waals surface area (Å²) in [6, 6.07) is 25.8. The van der Waals surface area contributed by atoms with Crippen molar-refractivity contribution in [3.63, 3.8) is 0 Å². The van der Waals surface area contributed by atoms with E-state index in [0.29, 0.717) is 11.4 Å². The van der Waals surface area contributed by atoms with Gasteiger partial charge < -0.3 is 19.7 Å². The number of benzene rings is 3. The average Bonchev–Trinajstić information content (AvgIpc) is 2.92. The zero-order chi connectivity index (χ0) is 25.2. The van der Waals surface area contributed by atoms with Gasteiger partial charge in [-0.3, -0.25) is 9.69 Å². The normalized spacial score (nSPS) is 13.8. The number of carbonyl (C=O) groups is 2. The number of hydrogen-bond donors (Lipinski definition) is 1. The first-order valence-electron chi connectivity index (χ1n) is 12.4. The summed E-state index contributed by atoms with van der Waals surface area (Å²) in [4.78, 5) is 28.9. The van der Waals surface area contributed by atoms with Crippen molar-refractivity contribution in [1.82, 2.24) is 4.90 Å². The van der Waals surface area contributed by atoms with Crippen LogP contribution in [0.3, 0.4) is 0 Å². The Hall–Kier alpha value is -3.84. The average molecular weight is 488 g/mol. The van der Waals surface area contributed by atoms with Crippen molar-refractivity contribution in [2.75, 3.05) is 49.6 Å². The largest absolute Gasteiger partial charge is 0.482 e. The maximum atomic E-state index is 12.2. The minimum absolute atomic E-state index is 0.244. The summed E-state index contributed by atoms with van der Waals surface area (Å²) in [6.45, 7) is 6.37. The van der Waals surface area contributed by atoms with Crippen molar-refractivity contribution in [2.45, 2.75) is 19.9 Å². The smallest absolute Gasteiger partial charge is 0.344 e. The second kappa shape index (κ2) is 12.7. The Morgan fingerprint density at radius 1 is 0.806 bits per heavy atom. The molecule has 7 nitrogen and oxygen atoms in total. The topological polar surface area (TPSA) is 71.1 Å². The molecule has 1 N–H and O–H groups in total. The van der Waals surface area contributed by atoms with Gasteiger partial charge in [0, 0.05) is 44.1 Å². The molecule has 0 bridgehead atoms. The molecule has 0 unspecified atom stereocenters. The third kappa shape index (κ3) is 7.58. The number of anilines is 2. The second-order valence-corrected chi connectivity index (χ2v) is 8.79. The Bertz CT molecular complexity index is 1110. The first kappa shape index (κ1) is 25.3. The van der Waals surface area contributed by atoms with Crippen LogP contribution in [0.1, 0.15) is 18.1 Å². The van der Waals surface area contributed by atoms with Crippen molar-refractivity contribution in [2.24, 2.45) is 0 Å². The van der Waals surface area contributed by atoms with Gasteiger partial charge in [0.15, 0.2) is 13.2 Å². The van der Waals surface area contributed by atoms with Gasteiger partial charge in [-0.2, -0.15) is 0 Å². The molecule has 1 aliphatic heterocycles. The fourth-order valence-electron chi connectivity index (χ4n) is 4.11. The van der Waals surface area contributed by atoms with Gasteiger partial charge >= 0.3 is 5.97 Å². The second-order valence-electron chi connectivity index (χ2n) is 8.79. The van der Waals surface area contributed by atoms with E-state index in [1.54, 1.807) is 0 Å². The van der Waals surface area contributed by atoms with Crippen LogP contribution in [0.4, 0.5) is 11.4 Å². The summed E-state index contributed by atoms with van der Waals surface area (Å²) in [7, 11) is 0. The minimum Gasteiger partial charge on any atom is -0.482 e. The van der Waals surface area contributed by atoms with Crippen LogP contribution in [0.5, 0.6) is 5.75 Å². The van der Waals surface area contributed by atoms with Crippen LogP contribution in [-0.2, 0) is 27.3 Å². The molecule has 1 fully saturated rings. The number of hydrogen-bond acceptors (Lipinski definition) is 6. The monoisotopic (exact) mass is 487 g/mol. The quantitative estimate of drug-likeness (QED) is 0.434. The SMILES string of the molecule is CCc1ccc(OCC(=O)OCC(=O)Nc2ccc(N3CCN(Cc4ccccc4)CC3)cc2)cc1. The van der Waals surface area contributed by atoms with Crippen LogP contribution >= 0.6 is 0 Å². The number of carbonyl (C=O) groups excluding carboxylic acids is 2. The molecule has 1 aliphatic rings. The lowest BCUT2D eigenvalue weighted by atomic mass is 10.2. The van der Waals surface area contributed by atoms with Gasteiger partial charge in [-0.15, -0.1) is 0 Å². The first-order chi connectivity index (χ1) is 17.6. The lowest BCUT2D eigenvalue weighted by Crippen LogP contribution is -2.45. The van der Waals surface area contributed by atoms with E-state index >= 15 is 0 Å². The molecule has 1 heterocycles. The summed E-state index contributed by atoms with van der Waals surface area (Å²) in [6.07, 6.45) is 0.937. The molecule has 0 aliphatic carbocycles. The highest BCUT2D eigenvalue weighted by atomic mass is 16.6. The molecule has 188 valence electrons. The predicted molar refractivity (Wildman–Crippen MR) is 141 cm³/mol. The number of nitrogens with zero attached hydrogens (tertiary/aromatic N) is 2. The number of aryl methyl sites for hydroxylation is 1. The van der Waals surface area contributed by atoms with Gasteiger partial charge in [0.1, 0.15) is 5.75 Å². The zero-order valence-electron chi connectivity index (χ0n) is 20.7. The van der Waals surface area contributed by atoms with E-state index in [9.17, 15) is 9.59 Å². The summed E-state index contributed by atoms with van der Waals surface area (Å²) >= 11 is 0. The third-order valence-electron chi connectivity index (χ3n) is 6.19. The Morgan fingerprint density at radius 2 is 1.50 bits per heavy atom. The molecule has 0 aromatic heterocycles. The number of rotatable bonds is 10. The number of piperazine rings is 1. The fourth-order valence-corrected chi connectivity index (χ4v) is 4.11. The molecule has 36 heavy (non-hydrogen) atoms. The van der Waals surface area contributed by atoms with Crippen LogP contribution in [0.15, 0.2) is 78.9 Å². The highest BCUT2D eigenvalue weighted by Crippen LogP contribution is 2.20. The highest BCUT2D eigenvalue weighted by Gasteiger charge is 2.17. The van der Waals surface area contributed by atoms with E-state index in [1.807, 2.05) is 54.6 Å². The Kier molecular flexibility index (Phi) is 8.94. The lowest BCUT2D eigenvalue weighted by molar-refractivity contribution is -0.149. The molecule has 0 radical (unpaired) electrons. The highest BCUT2D eigenvalue weighted by molar-refractivity contribution is 5.93. The number of esters is 1. The fraction of sp³-hybridized carbons (Fsp3) is 0.310. The summed E-state index contributed by atoms with van der Waals surface area (Å²) in [5, 5.41) is 2.76. The van der Waals surface area contributed by atoms with Gasteiger partial charge in [-0.25, -0.2) is 4.79 Å². The first-order valence-corrected chi connectivity index (χ1v) is 12.4. The Labute approximate surface area is 212 Å². The van der Waals surface area contributed by atoms with Gasteiger partial charge in [0.25, 0.3) is 5.91 Å². The maximum absolute atomic E-state index is 12.2. The van der Waals surface area contributed by atoms with E-state index < -0.39 is 11.9 Å². The Morgan fingerprint density at radius 3 is 2.17 bits per heavy atom. The van der Waals surface area contributed by atoms with Crippen molar-refractivity contribution in [1.29, 1.82) is 0 Å². The molecule has 0 saturated carbocycles. The molecule has 0 atom stereocenters. The van der Waals surface area contributed by atoms with E-state index in [2.05, 4.69) is 46.3 Å². The molecule has 3 aromatic rings. The van der Waals surface area contributed by atoms with Crippen LogP contribution in [0, 0.1) is 0 Å². The van der Waals surface area contributed by atoms with Crippen molar-refractivity contribution >= 4 is 23.3 Å². The number of amides is 1. The molecule has 4 rings (SSSR count). The van der Waals surface area contributed by atoms with Gasteiger partial charge in [0.2, 0.25) is 0 Å². The van der Waals surface area contributed by atoms with Crippen molar-refractivity contribution in [3.05, 3.63) is 90.0 Å². The van der Waals surface area contributed by atoms with Crippen LogP contribution in [-0.4, -0.2) is 56.2 Å². The van der Waals surface area contributed by atoms with E-state index in [-0.39, 0.29) is 13.2 Å². The van der Waals surface area contributed by atoms with E-state index in [1.165, 1.54) is 11.1 Å². The standard InChI is InChI=1S/C29H33N3O4/c1-2-23-8-14-27(15-9-23)35-22-29(34)36-21-28(33)30-25-10-12-26(13-11-25)32-18-16-31(17-19-32)20-24-6-4-3-5-7-24/h3-15H,2,16-22H2,1H3,(H,30,33). The van der Waals surface area contributed by atoms with E-state index in [0.717, 1.165) is 44.8 Å². The number of nitrogens with one attached hydrogen (secondary N) is 1. The van der Waals surface area contributed by atoms with Gasteiger partial charge in [0.05, 0.1) is 0 Å². The Balaban J connectivity index is 1.15. The lowest BCUT2D eigenvalue weighted by Gasteiger charge is -2.36. The molecular formula is C29H33N3O4.